The third-order valence-corrected chi connectivity index (χ3v) is 4.50. The van der Waals surface area contributed by atoms with Crippen molar-refractivity contribution in [3.05, 3.63) is 90.5 Å². The zero-order valence-corrected chi connectivity index (χ0v) is 15.7. The first-order valence-corrected chi connectivity index (χ1v) is 9.08. The van der Waals surface area contributed by atoms with Gasteiger partial charge in [-0.25, -0.2) is 4.39 Å². The van der Waals surface area contributed by atoms with Gasteiger partial charge in [0.05, 0.1) is 0 Å². The van der Waals surface area contributed by atoms with Crippen LogP contribution in [0.5, 0.6) is 0 Å². The summed E-state index contributed by atoms with van der Waals surface area (Å²) in [6.07, 6.45) is 3.69. The summed E-state index contributed by atoms with van der Waals surface area (Å²) in [4.78, 5) is 17.4. The standard InChI is InChI=1S/C22H19FN2OS/c1-2-24-22(27)20(21(26)17-10-12-19(23)13-11-17)25-14-6-9-18(15-25)16-7-4-3-5-8-16/h3-15,20H,2H2,1H3. The summed E-state index contributed by atoms with van der Waals surface area (Å²) in [7, 11) is 0. The maximum absolute atomic E-state index is 13.2. The number of carbonyl (C=O) groups is 1. The molecule has 1 unspecified atom stereocenters. The van der Waals surface area contributed by atoms with Gasteiger partial charge >= 0.3 is 0 Å². The molecule has 0 bridgehead atoms. The van der Waals surface area contributed by atoms with Crippen LogP contribution in [-0.2, 0) is 12.6 Å². The average molecular weight is 378 g/mol. The van der Waals surface area contributed by atoms with Crippen LogP contribution in [0.4, 0.5) is 4.39 Å². The van der Waals surface area contributed by atoms with E-state index in [0.717, 1.165) is 11.1 Å². The van der Waals surface area contributed by atoms with Gasteiger partial charge in [0.25, 0.3) is 0 Å². The first kappa shape index (κ1) is 18.9. The minimum absolute atomic E-state index is 0.215. The molecule has 0 saturated heterocycles. The molecule has 0 aliphatic carbocycles. The lowest BCUT2D eigenvalue weighted by molar-refractivity contribution is -0.691. The van der Waals surface area contributed by atoms with Crippen molar-refractivity contribution in [2.45, 2.75) is 13.0 Å². The van der Waals surface area contributed by atoms with E-state index >= 15 is 0 Å². The summed E-state index contributed by atoms with van der Waals surface area (Å²) >= 11 is 5.44. The molecule has 27 heavy (non-hydrogen) atoms. The van der Waals surface area contributed by atoms with E-state index in [1.54, 1.807) is 10.8 Å². The highest BCUT2D eigenvalue weighted by molar-refractivity contribution is 7.77. The lowest BCUT2D eigenvalue weighted by Gasteiger charge is -2.19. The van der Waals surface area contributed by atoms with Gasteiger partial charge in [-0.15, -0.1) is 0 Å². The second kappa shape index (κ2) is 8.64. The van der Waals surface area contributed by atoms with E-state index in [-0.39, 0.29) is 11.6 Å². The molecular formula is C22H19FN2OS. The van der Waals surface area contributed by atoms with Gasteiger partial charge in [0.15, 0.2) is 12.4 Å². The Bertz CT molecular complexity index is 956. The van der Waals surface area contributed by atoms with Crippen molar-refractivity contribution in [2.75, 3.05) is 6.54 Å². The van der Waals surface area contributed by atoms with Crippen LogP contribution in [0.15, 0.2) is 84.1 Å². The number of Topliss-reactive ketones (excluding diaryl/α,β-unsaturated/α-hetero) is 1. The molecule has 0 N–H and O–H groups in total. The van der Waals surface area contributed by atoms with Gasteiger partial charge in [-0.3, -0.25) is 4.79 Å². The predicted molar refractivity (Wildman–Crippen MR) is 107 cm³/mol. The highest BCUT2D eigenvalue weighted by atomic mass is 32.1. The Morgan fingerprint density at radius 3 is 2.37 bits per heavy atom. The van der Waals surface area contributed by atoms with Crippen LogP contribution in [0.1, 0.15) is 23.3 Å². The van der Waals surface area contributed by atoms with Gasteiger partial charge < -0.3 is 17.6 Å². The molecule has 3 aromatic rings. The number of halogens is 1. The van der Waals surface area contributed by atoms with Gasteiger partial charge in [-0.1, -0.05) is 30.3 Å². The number of pyridine rings is 1. The summed E-state index contributed by atoms with van der Waals surface area (Å²) < 4.78 is 15.0. The van der Waals surface area contributed by atoms with Crippen molar-refractivity contribution in [1.29, 1.82) is 0 Å². The molecule has 0 spiro atoms. The summed E-state index contributed by atoms with van der Waals surface area (Å²) in [5.74, 6) is -0.602. The first-order chi connectivity index (χ1) is 13.1. The fraction of sp³-hybridized carbons (Fsp3) is 0.136. The SMILES string of the molecule is CCN=C([S-])C(C(=O)c1ccc(F)cc1)[n+]1cccc(-c2ccccc2)c1. The maximum atomic E-state index is 13.2. The molecule has 1 aromatic heterocycles. The van der Waals surface area contributed by atoms with Crippen molar-refractivity contribution in [1.82, 2.24) is 0 Å². The third kappa shape index (κ3) is 4.44. The van der Waals surface area contributed by atoms with Gasteiger partial charge in [0.1, 0.15) is 5.82 Å². The normalized spacial score (nSPS) is 12.6. The molecule has 0 aliphatic heterocycles. The van der Waals surface area contributed by atoms with Crippen molar-refractivity contribution in [2.24, 2.45) is 4.99 Å². The van der Waals surface area contributed by atoms with Crippen molar-refractivity contribution >= 4 is 23.5 Å². The monoisotopic (exact) mass is 378 g/mol. The van der Waals surface area contributed by atoms with Gasteiger partial charge in [0.2, 0.25) is 11.8 Å². The lowest BCUT2D eigenvalue weighted by Crippen LogP contribution is -2.47. The van der Waals surface area contributed by atoms with E-state index in [0.29, 0.717) is 17.2 Å². The predicted octanol–water partition coefficient (Wildman–Crippen LogP) is 4.17. The number of ketones is 1. The number of carbonyl (C=O) groups excluding carboxylic acids is 1. The minimum Gasteiger partial charge on any atom is -0.758 e. The highest BCUT2D eigenvalue weighted by Crippen LogP contribution is 2.18. The van der Waals surface area contributed by atoms with Crippen LogP contribution >= 0.6 is 0 Å². The summed E-state index contributed by atoms with van der Waals surface area (Å²) in [6.45, 7) is 2.36. The van der Waals surface area contributed by atoms with Crippen molar-refractivity contribution in [3.63, 3.8) is 0 Å². The molecule has 1 heterocycles. The molecule has 3 nitrogen and oxygen atoms in total. The molecule has 0 saturated carbocycles. The Labute approximate surface area is 163 Å². The number of hydrogen-bond donors (Lipinski definition) is 0. The van der Waals surface area contributed by atoms with Gasteiger partial charge in [-0.2, -0.15) is 4.57 Å². The summed E-state index contributed by atoms with van der Waals surface area (Å²) in [5.41, 5.74) is 2.40. The largest absolute Gasteiger partial charge is 0.758 e. The Hall–Kier alpha value is -2.92. The number of nitrogens with zero attached hydrogens (tertiary/aromatic N) is 2. The van der Waals surface area contributed by atoms with Crippen LogP contribution in [0, 0.1) is 5.82 Å². The molecular weight excluding hydrogens is 359 g/mol. The molecule has 3 rings (SSSR count). The van der Waals surface area contributed by atoms with Gasteiger partial charge in [0, 0.05) is 23.7 Å². The number of aromatic nitrogens is 1. The van der Waals surface area contributed by atoms with Crippen LogP contribution < -0.4 is 4.57 Å². The molecule has 0 amide bonds. The first-order valence-electron chi connectivity index (χ1n) is 8.67. The molecule has 0 fully saturated rings. The molecule has 136 valence electrons. The number of hydrogen-bond acceptors (Lipinski definition) is 3. The van der Waals surface area contributed by atoms with E-state index in [1.807, 2.05) is 55.6 Å². The van der Waals surface area contributed by atoms with E-state index in [1.165, 1.54) is 24.3 Å². The van der Waals surface area contributed by atoms with Crippen LogP contribution in [0.3, 0.4) is 0 Å². The molecule has 0 aliphatic rings. The quantitative estimate of drug-likeness (QED) is 0.212. The zero-order valence-electron chi connectivity index (χ0n) is 14.9. The van der Waals surface area contributed by atoms with E-state index in [4.69, 9.17) is 12.6 Å². The minimum atomic E-state index is -0.755. The average Bonchev–Trinajstić information content (AvgIpc) is 2.70. The third-order valence-electron chi connectivity index (χ3n) is 4.15. The fourth-order valence-corrected chi connectivity index (χ4v) is 3.20. The van der Waals surface area contributed by atoms with Crippen molar-refractivity contribution < 1.29 is 13.8 Å². The highest BCUT2D eigenvalue weighted by Gasteiger charge is 2.28. The topological polar surface area (TPSA) is 33.3 Å². The smallest absolute Gasteiger partial charge is 0.237 e. The fourth-order valence-electron chi connectivity index (χ4n) is 2.84. The Morgan fingerprint density at radius 2 is 1.70 bits per heavy atom. The van der Waals surface area contributed by atoms with Crippen LogP contribution in [0.25, 0.3) is 11.1 Å². The lowest BCUT2D eigenvalue weighted by atomic mass is 10.0. The van der Waals surface area contributed by atoms with E-state index in [2.05, 4.69) is 4.99 Å². The Balaban J connectivity index is 2.05. The van der Waals surface area contributed by atoms with Crippen molar-refractivity contribution in [3.8, 4) is 11.1 Å². The number of rotatable bonds is 6. The number of benzene rings is 2. The van der Waals surface area contributed by atoms with E-state index < -0.39 is 6.04 Å². The van der Waals surface area contributed by atoms with Gasteiger partial charge in [-0.05, 0) is 47.9 Å². The second-order valence-electron chi connectivity index (χ2n) is 5.99. The summed E-state index contributed by atoms with van der Waals surface area (Å²) in [5, 5.41) is 0.307. The molecule has 2 aromatic carbocycles. The van der Waals surface area contributed by atoms with Crippen LogP contribution in [0.2, 0.25) is 0 Å². The number of aliphatic imine (C=N–C) groups is 1. The maximum Gasteiger partial charge on any atom is 0.237 e. The second-order valence-corrected chi connectivity index (χ2v) is 6.41. The molecule has 5 heteroatoms. The van der Waals surface area contributed by atoms with E-state index in [9.17, 15) is 9.18 Å². The molecule has 1 atom stereocenters. The molecule has 0 radical (unpaired) electrons. The van der Waals surface area contributed by atoms with Crippen LogP contribution in [-0.4, -0.2) is 17.4 Å². The zero-order chi connectivity index (χ0) is 19.2. The Kier molecular flexibility index (Phi) is 6.04. The summed E-state index contributed by atoms with van der Waals surface area (Å²) in [6, 6.07) is 18.5. The Morgan fingerprint density at radius 1 is 1.04 bits per heavy atom.